The first kappa shape index (κ1) is 20.7. The summed E-state index contributed by atoms with van der Waals surface area (Å²) in [6.45, 7) is 3.68. The van der Waals surface area contributed by atoms with Crippen molar-refractivity contribution < 1.29 is 27.5 Å². The lowest BCUT2D eigenvalue weighted by Gasteiger charge is -2.23. The van der Waals surface area contributed by atoms with E-state index in [9.17, 15) is 22.8 Å². The molecule has 0 fully saturated rings. The van der Waals surface area contributed by atoms with Gasteiger partial charge in [0.25, 0.3) is 5.91 Å². The third-order valence-corrected chi connectivity index (χ3v) is 7.01. The van der Waals surface area contributed by atoms with E-state index in [1.807, 2.05) is 6.92 Å². The Balaban J connectivity index is 2.01. The number of methoxy groups -OCH3 is 1. The van der Waals surface area contributed by atoms with E-state index in [0.717, 1.165) is 0 Å². The number of hydrogen-bond donors (Lipinski definition) is 1. The molecule has 0 aliphatic carbocycles. The molecule has 1 aliphatic heterocycles. The molecule has 29 heavy (non-hydrogen) atoms. The number of sulfone groups is 1. The Bertz CT molecular complexity index is 1110. The summed E-state index contributed by atoms with van der Waals surface area (Å²) in [7, 11) is -2.72. The maximum Gasteiger partial charge on any atom is 0.328 e. The third kappa shape index (κ3) is 3.55. The first-order valence-corrected chi connectivity index (χ1v) is 10.6. The van der Waals surface area contributed by atoms with Crippen LogP contribution in [0.5, 0.6) is 0 Å². The monoisotopic (exact) mass is 415 g/mol. The Hall–Kier alpha value is -3.00. The van der Waals surface area contributed by atoms with Gasteiger partial charge in [0.05, 0.1) is 16.9 Å². The molecule has 0 bridgehead atoms. The van der Waals surface area contributed by atoms with Crippen LogP contribution < -0.4 is 5.32 Å². The van der Waals surface area contributed by atoms with Crippen molar-refractivity contribution in [2.24, 2.45) is 5.92 Å². The van der Waals surface area contributed by atoms with Crippen molar-refractivity contribution in [2.75, 3.05) is 7.11 Å². The number of esters is 1. The van der Waals surface area contributed by atoms with Crippen molar-refractivity contribution in [1.29, 1.82) is 0 Å². The summed E-state index contributed by atoms with van der Waals surface area (Å²) in [5.41, 5.74) is 0.170. The molecule has 2 aromatic carbocycles. The summed E-state index contributed by atoms with van der Waals surface area (Å²) in [6, 6.07) is 8.99. The Kier molecular flexibility index (Phi) is 5.57. The van der Waals surface area contributed by atoms with Gasteiger partial charge in [-0.15, -0.1) is 0 Å². The molecule has 0 aromatic heterocycles. The van der Waals surface area contributed by atoms with E-state index in [1.54, 1.807) is 13.0 Å². The molecule has 2 atom stereocenters. The second kappa shape index (κ2) is 7.79. The van der Waals surface area contributed by atoms with Crippen LogP contribution in [0.2, 0.25) is 0 Å². The highest BCUT2D eigenvalue weighted by molar-refractivity contribution is 7.91. The fourth-order valence-electron chi connectivity index (χ4n) is 3.25. The summed E-state index contributed by atoms with van der Waals surface area (Å²) in [4.78, 5) is 37.1. The second-order valence-electron chi connectivity index (χ2n) is 6.90. The van der Waals surface area contributed by atoms with Crippen LogP contribution in [0, 0.1) is 5.92 Å². The van der Waals surface area contributed by atoms with Crippen molar-refractivity contribution in [1.82, 2.24) is 5.32 Å². The number of carbonyl (C=O) groups excluding carboxylic acids is 3. The number of amides is 1. The molecule has 0 unspecified atom stereocenters. The molecule has 1 N–H and O–H groups in total. The average molecular weight is 415 g/mol. The molecular weight excluding hydrogens is 394 g/mol. The van der Waals surface area contributed by atoms with E-state index in [2.05, 4.69) is 5.32 Å². The van der Waals surface area contributed by atoms with Gasteiger partial charge in [0.15, 0.2) is 5.78 Å². The van der Waals surface area contributed by atoms with Crippen LogP contribution in [-0.2, 0) is 19.4 Å². The molecule has 8 heteroatoms. The molecule has 2 aromatic rings. The Labute approximate surface area is 169 Å². The number of rotatable bonds is 5. The lowest BCUT2D eigenvalue weighted by Crippen LogP contribution is -2.45. The number of benzene rings is 2. The highest BCUT2D eigenvalue weighted by Crippen LogP contribution is 2.34. The number of nitrogens with one attached hydrogen (secondary N) is 1. The lowest BCUT2D eigenvalue weighted by molar-refractivity contribution is -0.144. The van der Waals surface area contributed by atoms with E-state index < -0.39 is 33.5 Å². The molecular formula is C21H21NO6S. The highest BCUT2D eigenvalue weighted by atomic mass is 32.2. The van der Waals surface area contributed by atoms with Crippen LogP contribution in [0.25, 0.3) is 0 Å². The zero-order valence-corrected chi connectivity index (χ0v) is 17.1. The minimum atomic E-state index is -3.95. The zero-order valence-electron chi connectivity index (χ0n) is 16.3. The van der Waals surface area contributed by atoms with Crippen molar-refractivity contribution in [3.05, 3.63) is 59.2 Å². The topological polar surface area (TPSA) is 107 Å². The second-order valence-corrected chi connectivity index (χ2v) is 8.79. The van der Waals surface area contributed by atoms with Crippen molar-refractivity contribution >= 4 is 27.5 Å². The average Bonchev–Trinajstić information content (AvgIpc) is 2.74. The first-order valence-electron chi connectivity index (χ1n) is 9.14. The van der Waals surface area contributed by atoms with Gasteiger partial charge < -0.3 is 10.1 Å². The lowest BCUT2D eigenvalue weighted by atomic mass is 9.98. The summed E-state index contributed by atoms with van der Waals surface area (Å²) in [6.07, 6.45) is 0.629. The summed E-state index contributed by atoms with van der Waals surface area (Å²) >= 11 is 0. The van der Waals surface area contributed by atoms with Gasteiger partial charge in [0.2, 0.25) is 9.84 Å². The smallest absolute Gasteiger partial charge is 0.328 e. The molecule has 1 amide bonds. The molecule has 1 heterocycles. The van der Waals surface area contributed by atoms with Gasteiger partial charge in [-0.1, -0.05) is 32.4 Å². The maximum absolute atomic E-state index is 13.0. The van der Waals surface area contributed by atoms with Gasteiger partial charge in [0, 0.05) is 16.7 Å². The number of ether oxygens (including phenoxy) is 1. The minimum absolute atomic E-state index is 0.0201. The van der Waals surface area contributed by atoms with Gasteiger partial charge in [-0.05, 0) is 36.2 Å². The number of fused-ring (bicyclic) bond motifs is 2. The van der Waals surface area contributed by atoms with E-state index in [4.69, 9.17) is 4.74 Å². The van der Waals surface area contributed by atoms with E-state index >= 15 is 0 Å². The van der Waals surface area contributed by atoms with Crippen LogP contribution in [0.3, 0.4) is 0 Å². The van der Waals surface area contributed by atoms with Crippen molar-refractivity contribution in [2.45, 2.75) is 36.1 Å². The molecule has 3 rings (SSSR count). The van der Waals surface area contributed by atoms with Crippen LogP contribution in [0.4, 0.5) is 0 Å². The fraction of sp³-hybridized carbons (Fsp3) is 0.286. The van der Waals surface area contributed by atoms with Gasteiger partial charge >= 0.3 is 5.97 Å². The molecule has 0 radical (unpaired) electrons. The molecule has 1 aliphatic rings. The van der Waals surface area contributed by atoms with E-state index in [1.165, 1.54) is 43.5 Å². The number of carbonyl (C=O) groups is 3. The van der Waals surface area contributed by atoms with Gasteiger partial charge in [0.1, 0.15) is 6.04 Å². The fourth-order valence-corrected chi connectivity index (χ4v) is 4.92. The van der Waals surface area contributed by atoms with Crippen LogP contribution >= 0.6 is 0 Å². The minimum Gasteiger partial charge on any atom is -0.467 e. The van der Waals surface area contributed by atoms with E-state index in [0.29, 0.717) is 6.42 Å². The Morgan fingerprint density at radius 2 is 1.72 bits per heavy atom. The summed E-state index contributed by atoms with van der Waals surface area (Å²) in [5.74, 6) is -1.79. The van der Waals surface area contributed by atoms with Crippen molar-refractivity contribution in [3.63, 3.8) is 0 Å². The summed E-state index contributed by atoms with van der Waals surface area (Å²) < 4.78 is 30.7. The predicted molar refractivity (Wildman–Crippen MR) is 104 cm³/mol. The van der Waals surface area contributed by atoms with E-state index in [-0.39, 0.29) is 32.4 Å². The predicted octanol–water partition coefficient (Wildman–Crippen LogP) is 2.38. The SMILES string of the molecule is CC[C@@H](C)[C@H](NC(=O)c1ccc2c(c1)S(=O)(=O)c1ccccc1C2=O)C(=O)OC. The normalized spacial score (nSPS) is 16.2. The van der Waals surface area contributed by atoms with Crippen LogP contribution in [0.1, 0.15) is 46.5 Å². The molecule has 7 nitrogen and oxygen atoms in total. The number of ketones is 1. The van der Waals surface area contributed by atoms with Crippen molar-refractivity contribution in [3.8, 4) is 0 Å². The maximum atomic E-state index is 13.0. The zero-order chi connectivity index (χ0) is 21.3. The van der Waals surface area contributed by atoms with Gasteiger partial charge in [-0.3, -0.25) is 9.59 Å². The van der Waals surface area contributed by atoms with Gasteiger partial charge in [-0.25, -0.2) is 13.2 Å². The first-order chi connectivity index (χ1) is 13.7. The molecule has 152 valence electrons. The molecule has 0 saturated heterocycles. The number of hydrogen-bond acceptors (Lipinski definition) is 6. The van der Waals surface area contributed by atoms with Crippen LogP contribution in [0.15, 0.2) is 52.3 Å². The highest BCUT2D eigenvalue weighted by Gasteiger charge is 2.35. The Morgan fingerprint density at radius 3 is 2.38 bits per heavy atom. The largest absolute Gasteiger partial charge is 0.467 e. The standard InChI is InChI=1S/C21H21NO6S/c1-4-12(2)18(21(25)28-3)22-20(24)13-9-10-15-17(11-13)29(26,27)16-8-6-5-7-14(16)19(15)23/h5-12,18H,4H2,1-3H3,(H,22,24)/t12-,18+/m1/s1. The Morgan fingerprint density at radius 1 is 1.07 bits per heavy atom. The molecule has 0 saturated carbocycles. The van der Waals surface area contributed by atoms with Crippen LogP contribution in [-0.4, -0.2) is 39.2 Å². The molecule has 0 spiro atoms. The van der Waals surface area contributed by atoms with Gasteiger partial charge in [-0.2, -0.15) is 0 Å². The quantitative estimate of drug-likeness (QED) is 0.641. The summed E-state index contributed by atoms with van der Waals surface area (Å²) in [5, 5.41) is 2.61. The third-order valence-electron chi connectivity index (χ3n) is 5.15.